The molecule has 0 fully saturated rings. The second-order valence-corrected chi connectivity index (χ2v) is 7.01. The quantitative estimate of drug-likeness (QED) is 0.470. The van der Waals surface area contributed by atoms with Crippen LogP contribution in [-0.4, -0.2) is 29.7 Å². The van der Waals surface area contributed by atoms with Crippen molar-refractivity contribution in [2.24, 2.45) is 0 Å². The van der Waals surface area contributed by atoms with Gasteiger partial charge in [-0.2, -0.15) is 0 Å². The maximum atomic E-state index is 12.6. The molecular weight excluding hydrogens is 384 g/mol. The number of ether oxygens (including phenoxy) is 2. The van der Waals surface area contributed by atoms with Crippen molar-refractivity contribution in [1.29, 1.82) is 0 Å². The number of aromatic nitrogens is 1. The monoisotopic (exact) mass is 410 g/mol. The fourth-order valence-electron chi connectivity index (χ4n) is 3.08. The summed E-state index contributed by atoms with van der Waals surface area (Å²) in [5, 5.41) is 12.9. The van der Waals surface area contributed by atoms with E-state index in [0.29, 0.717) is 29.2 Å². The van der Waals surface area contributed by atoms with E-state index in [1.165, 1.54) is 12.1 Å². The molecule has 3 aromatic rings. The number of unbranched alkanes of at least 4 members (excludes halogenated alkanes) is 1. The lowest BCUT2D eigenvalue weighted by Gasteiger charge is -2.14. The molecule has 30 heavy (non-hydrogen) atoms. The predicted octanol–water partition coefficient (Wildman–Crippen LogP) is 3.28. The Morgan fingerprint density at radius 3 is 2.63 bits per heavy atom. The largest absolute Gasteiger partial charge is 0.508 e. The molecule has 0 aliphatic rings. The van der Waals surface area contributed by atoms with Crippen LogP contribution in [0, 0.1) is 0 Å². The number of benzene rings is 2. The van der Waals surface area contributed by atoms with Gasteiger partial charge in [0, 0.05) is 17.5 Å². The molecule has 7 nitrogen and oxygen atoms in total. The molecule has 0 spiro atoms. The van der Waals surface area contributed by atoms with Gasteiger partial charge in [-0.05, 0) is 42.3 Å². The molecule has 3 rings (SSSR count). The highest BCUT2D eigenvalue weighted by molar-refractivity contribution is 5.87. The van der Waals surface area contributed by atoms with Crippen LogP contribution in [-0.2, 0) is 17.8 Å². The number of phenolic OH excluding ortho intramolecular Hbond substituents is 1. The van der Waals surface area contributed by atoms with Crippen LogP contribution < -0.4 is 20.3 Å². The van der Waals surface area contributed by atoms with Gasteiger partial charge < -0.3 is 24.9 Å². The summed E-state index contributed by atoms with van der Waals surface area (Å²) in [5.74, 6) is 1.02. The Hall–Kier alpha value is -3.48. The second-order valence-electron chi connectivity index (χ2n) is 7.01. The van der Waals surface area contributed by atoms with Crippen molar-refractivity contribution in [2.75, 3.05) is 13.7 Å². The number of H-pyrrole nitrogens is 1. The lowest BCUT2D eigenvalue weighted by Crippen LogP contribution is -2.28. The first kappa shape index (κ1) is 21.2. The Morgan fingerprint density at radius 1 is 1.17 bits per heavy atom. The number of phenols is 1. The van der Waals surface area contributed by atoms with Crippen LogP contribution in [0.2, 0.25) is 0 Å². The maximum Gasteiger partial charge on any atom is 0.253 e. The number of rotatable bonds is 9. The molecule has 0 unspecified atom stereocenters. The van der Waals surface area contributed by atoms with Crippen LogP contribution in [0.3, 0.4) is 0 Å². The van der Waals surface area contributed by atoms with E-state index in [2.05, 4.69) is 17.2 Å². The molecule has 1 heterocycles. The molecule has 0 bridgehead atoms. The molecule has 0 aliphatic carbocycles. The van der Waals surface area contributed by atoms with Crippen molar-refractivity contribution in [2.45, 2.75) is 32.7 Å². The smallest absolute Gasteiger partial charge is 0.253 e. The number of aromatic amines is 1. The van der Waals surface area contributed by atoms with E-state index < -0.39 is 0 Å². The van der Waals surface area contributed by atoms with Crippen LogP contribution in [0.5, 0.6) is 17.2 Å². The molecule has 0 aliphatic heterocycles. The summed E-state index contributed by atoms with van der Waals surface area (Å²) in [4.78, 5) is 27.7. The van der Waals surface area contributed by atoms with Crippen LogP contribution in [0.15, 0.2) is 47.3 Å². The van der Waals surface area contributed by atoms with Crippen LogP contribution in [0.25, 0.3) is 10.9 Å². The second kappa shape index (κ2) is 9.82. The molecule has 0 atom stereocenters. The first-order chi connectivity index (χ1) is 14.5. The lowest BCUT2D eigenvalue weighted by molar-refractivity contribution is -0.120. The third-order valence-electron chi connectivity index (χ3n) is 4.75. The van der Waals surface area contributed by atoms with Gasteiger partial charge in [0.15, 0.2) is 11.5 Å². The number of hydrogen-bond donors (Lipinski definition) is 3. The minimum absolute atomic E-state index is 0.111. The number of carbonyl (C=O) groups is 1. The minimum atomic E-state index is -0.291. The Labute approximate surface area is 174 Å². The van der Waals surface area contributed by atoms with E-state index in [9.17, 15) is 14.7 Å². The van der Waals surface area contributed by atoms with Crippen molar-refractivity contribution in [1.82, 2.24) is 10.3 Å². The molecule has 1 aromatic heterocycles. The third-order valence-corrected chi connectivity index (χ3v) is 4.75. The standard InChI is InChI=1S/C23H26N2O5/c1-3-4-11-30-22-19(29-2)10-7-16-13-17(23(28)25-21(16)22)14-24-20(27)12-15-5-8-18(26)9-6-15/h5-10,13,26H,3-4,11-12,14H2,1-2H3,(H,24,27)(H,25,28). The average molecular weight is 410 g/mol. The van der Waals surface area contributed by atoms with E-state index in [1.807, 2.05) is 6.07 Å². The van der Waals surface area contributed by atoms with Gasteiger partial charge >= 0.3 is 0 Å². The van der Waals surface area contributed by atoms with E-state index in [1.54, 1.807) is 31.4 Å². The van der Waals surface area contributed by atoms with Crippen molar-refractivity contribution < 1.29 is 19.4 Å². The Bertz CT molecular complexity index is 1070. The van der Waals surface area contributed by atoms with Gasteiger partial charge in [0.25, 0.3) is 5.56 Å². The molecule has 158 valence electrons. The molecule has 3 N–H and O–H groups in total. The fourth-order valence-corrected chi connectivity index (χ4v) is 3.08. The number of methoxy groups -OCH3 is 1. The zero-order valence-electron chi connectivity index (χ0n) is 17.2. The highest BCUT2D eigenvalue weighted by Gasteiger charge is 2.13. The van der Waals surface area contributed by atoms with E-state index in [4.69, 9.17) is 9.47 Å². The Morgan fingerprint density at radius 2 is 1.93 bits per heavy atom. The number of carbonyl (C=O) groups excluding carboxylic acids is 1. The highest BCUT2D eigenvalue weighted by Crippen LogP contribution is 2.34. The van der Waals surface area contributed by atoms with E-state index in [-0.39, 0.29) is 30.2 Å². The molecule has 2 aromatic carbocycles. The zero-order valence-corrected chi connectivity index (χ0v) is 17.2. The summed E-state index contributed by atoms with van der Waals surface area (Å²) in [5.41, 5.74) is 1.51. The predicted molar refractivity (Wildman–Crippen MR) is 115 cm³/mol. The fraction of sp³-hybridized carbons (Fsp3) is 0.304. The van der Waals surface area contributed by atoms with Gasteiger partial charge in [0.1, 0.15) is 5.75 Å². The third kappa shape index (κ3) is 5.11. The first-order valence-electron chi connectivity index (χ1n) is 9.92. The number of amides is 1. The van der Waals surface area contributed by atoms with Crippen LogP contribution in [0.4, 0.5) is 0 Å². The molecule has 0 radical (unpaired) electrons. The number of pyridine rings is 1. The van der Waals surface area contributed by atoms with Gasteiger partial charge in [0.05, 0.1) is 25.7 Å². The summed E-state index contributed by atoms with van der Waals surface area (Å²) in [6.45, 7) is 2.72. The van der Waals surface area contributed by atoms with Crippen molar-refractivity contribution in [3.63, 3.8) is 0 Å². The van der Waals surface area contributed by atoms with Crippen LogP contribution >= 0.6 is 0 Å². The summed E-state index contributed by atoms with van der Waals surface area (Å²) in [7, 11) is 1.56. The Kier molecular flexibility index (Phi) is 6.95. The number of fused-ring (bicyclic) bond motifs is 1. The van der Waals surface area contributed by atoms with Crippen molar-refractivity contribution in [3.8, 4) is 17.2 Å². The summed E-state index contributed by atoms with van der Waals surface area (Å²) in [6.07, 6.45) is 2.06. The normalized spacial score (nSPS) is 10.7. The number of hydrogen-bond acceptors (Lipinski definition) is 5. The SMILES string of the molecule is CCCCOc1c(OC)ccc2cc(CNC(=O)Cc3ccc(O)cc3)c(=O)[nH]c12. The highest BCUT2D eigenvalue weighted by atomic mass is 16.5. The van der Waals surface area contributed by atoms with Gasteiger partial charge in [-0.15, -0.1) is 0 Å². The summed E-state index contributed by atoms with van der Waals surface area (Å²) >= 11 is 0. The van der Waals surface area contributed by atoms with E-state index in [0.717, 1.165) is 23.8 Å². The zero-order chi connectivity index (χ0) is 21.5. The molecule has 0 saturated carbocycles. The van der Waals surface area contributed by atoms with Gasteiger partial charge in [-0.1, -0.05) is 25.5 Å². The van der Waals surface area contributed by atoms with Crippen molar-refractivity contribution in [3.05, 3.63) is 63.9 Å². The number of nitrogens with one attached hydrogen (secondary N) is 2. The molecule has 1 amide bonds. The minimum Gasteiger partial charge on any atom is -0.508 e. The molecular formula is C23H26N2O5. The lowest BCUT2D eigenvalue weighted by atomic mass is 10.1. The van der Waals surface area contributed by atoms with Gasteiger partial charge in [-0.3, -0.25) is 9.59 Å². The number of aromatic hydroxyl groups is 1. The maximum absolute atomic E-state index is 12.6. The molecule has 7 heteroatoms. The van der Waals surface area contributed by atoms with Gasteiger partial charge in [-0.25, -0.2) is 0 Å². The van der Waals surface area contributed by atoms with Crippen LogP contribution in [0.1, 0.15) is 30.9 Å². The first-order valence-corrected chi connectivity index (χ1v) is 9.92. The van der Waals surface area contributed by atoms with Gasteiger partial charge in [0.2, 0.25) is 5.91 Å². The summed E-state index contributed by atoms with van der Waals surface area (Å²) < 4.78 is 11.2. The average Bonchev–Trinajstić information content (AvgIpc) is 2.74. The molecule has 0 saturated heterocycles. The topological polar surface area (TPSA) is 101 Å². The van der Waals surface area contributed by atoms with Crippen molar-refractivity contribution >= 4 is 16.8 Å². The summed E-state index contributed by atoms with van der Waals surface area (Å²) in [6, 6.07) is 11.8. The Balaban J connectivity index is 1.76. The van der Waals surface area contributed by atoms with E-state index >= 15 is 0 Å².